The van der Waals surface area contributed by atoms with Crippen LogP contribution >= 0.6 is 0 Å². The molecule has 2 heterocycles. The van der Waals surface area contributed by atoms with Gasteiger partial charge in [-0.2, -0.15) is 0 Å². The topological polar surface area (TPSA) is 76.4 Å². The first-order valence-corrected chi connectivity index (χ1v) is 7.99. The van der Waals surface area contributed by atoms with Gasteiger partial charge in [0.2, 0.25) is 0 Å². The first-order chi connectivity index (χ1) is 10.4. The molecule has 1 aromatic rings. The van der Waals surface area contributed by atoms with E-state index in [4.69, 9.17) is 9.26 Å². The first kappa shape index (κ1) is 15.3. The molecule has 1 aromatic heterocycles. The molecule has 1 aliphatic heterocycles. The molecule has 22 heavy (non-hydrogen) atoms. The Morgan fingerprint density at radius 2 is 2.18 bits per heavy atom. The number of fused-ring (bicyclic) bond motifs is 1. The standard InChI is InChI=1S/C16H25N3O3/c1-9-11(10(2)22-19-9)5-7-17-15(20)18-13-12-6-8-21-14(12)16(13,3)4/h12-14H,5-8H2,1-4H3,(H2,17,18,20). The van der Waals surface area contributed by atoms with Gasteiger partial charge in [0, 0.05) is 36.1 Å². The van der Waals surface area contributed by atoms with Crippen LogP contribution in [0.3, 0.4) is 0 Å². The van der Waals surface area contributed by atoms with Crippen molar-refractivity contribution in [3.8, 4) is 0 Å². The fraction of sp³-hybridized carbons (Fsp3) is 0.750. The van der Waals surface area contributed by atoms with Crippen LogP contribution in [0.15, 0.2) is 4.52 Å². The highest BCUT2D eigenvalue weighted by atomic mass is 16.5. The van der Waals surface area contributed by atoms with Crippen LogP contribution in [0, 0.1) is 25.2 Å². The monoisotopic (exact) mass is 307 g/mol. The molecule has 0 radical (unpaired) electrons. The van der Waals surface area contributed by atoms with E-state index in [-0.39, 0.29) is 17.5 Å². The predicted octanol–water partition coefficient (Wildman–Crippen LogP) is 1.95. The molecule has 2 aliphatic rings. The van der Waals surface area contributed by atoms with Crippen molar-refractivity contribution in [1.29, 1.82) is 0 Å². The third-order valence-electron chi connectivity index (χ3n) is 5.23. The molecule has 6 nitrogen and oxygen atoms in total. The van der Waals surface area contributed by atoms with Gasteiger partial charge in [-0.3, -0.25) is 0 Å². The lowest BCUT2D eigenvalue weighted by Gasteiger charge is -2.54. The molecular weight excluding hydrogens is 282 g/mol. The fourth-order valence-corrected chi connectivity index (χ4v) is 3.97. The zero-order valence-electron chi connectivity index (χ0n) is 13.7. The normalized spacial score (nSPS) is 28.8. The maximum absolute atomic E-state index is 12.1. The first-order valence-electron chi connectivity index (χ1n) is 7.99. The Balaban J connectivity index is 1.47. The summed E-state index contributed by atoms with van der Waals surface area (Å²) in [5.41, 5.74) is 1.99. The van der Waals surface area contributed by atoms with Crippen LogP contribution in [-0.4, -0.2) is 36.5 Å². The second kappa shape index (κ2) is 5.57. The number of hydrogen-bond acceptors (Lipinski definition) is 4. The molecule has 0 spiro atoms. The third-order valence-corrected chi connectivity index (χ3v) is 5.23. The average Bonchev–Trinajstić information content (AvgIpc) is 3.04. The van der Waals surface area contributed by atoms with Crippen molar-refractivity contribution in [3.63, 3.8) is 0 Å². The average molecular weight is 307 g/mol. The highest BCUT2D eigenvalue weighted by molar-refractivity contribution is 5.74. The Hall–Kier alpha value is -1.56. The van der Waals surface area contributed by atoms with Gasteiger partial charge in [-0.1, -0.05) is 19.0 Å². The molecule has 3 atom stereocenters. The van der Waals surface area contributed by atoms with Crippen LogP contribution in [0.5, 0.6) is 0 Å². The van der Waals surface area contributed by atoms with Gasteiger partial charge < -0.3 is 19.9 Å². The zero-order valence-corrected chi connectivity index (χ0v) is 13.7. The van der Waals surface area contributed by atoms with Crippen molar-refractivity contribution in [2.45, 2.75) is 52.7 Å². The molecule has 1 saturated carbocycles. The van der Waals surface area contributed by atoms with Gasteiger partial charge in [0.05, 0.1) is 11.8 Å². The third kappa shape index (κ3) is 2.49. The molecule has 122 valence electrons. The van der Waals surface area contributed by atoms with Crippen LogP contribution in [0.4, 0.5) is 4.79 Å². The lowest BCUT2D eigenvalue weighted by molar-refractivity contribution is -0.108. The van der Waals surface area contributed by atoms with Crippen LogP contribution in [0.1, 0.15) is 37.3 Å². The van der Waals surface area contributed by atoms with Gasteiger partial charge in [-0.15, -0.1) is 0 Å². The molecule has 2 N–H and O–H groups in total. The predicted molar refractivity (Wildman–Crippen MR) is 81.6 cm³/mol. The Kier molecular flexibility index (Phi) is 3.89. The number of hydrogen-bond donors (Lipinski definition) is 2. The van der Waals surface area contributed by atoms with E-state index >= 15 is 0 Å². The summed E-state index contributed by atoms with van der Waals surface area (Å²) in [4.78, 5) is 12.1. The molecule has 0 bridgehead atoms. The van der Waals surface area contributed by atoms with Gasteiger partial charge in [0.15, 0.2) is 0 Å². The molecule has 1 aliphatic carbocycles. The summed E-state index contributed by atoms with van der Waals surface area (Å²) in [6.45, 7) is 9.52. The maximum atomic E-state index is 12.1. The Morgan fingerprint density at radius 3 is 2.86 bits per heavy atom. The van der Waals surface area contributed by atoms with E-state index in [1.165, 1.54) is 0 Å². The van der Waals surface area contributed by atoms with Crippen LogP contribution in [0.25, 0.3) is 0 Å². The van der Waals surface area contributed by atoms with Crippen LogP contribution in [0.2, 0.25) is 0 Å². The summed E-state index contributed by atoms with van der Waals surface area (Å²) < 4.78 is 10.9. The zero-order chi connectivity index (χ0) is 15.9. The Morgan fingerprint density at radius 1 is 1.41 bits per heavy atom. The van der Waals surface area contributed by atoms with Crippen molar-refractivity contribution in [2.75, 3.05) is 13.2 Å². The number of aryl methyl sites for hydroxylation is 2. The summed E-state index contributed by atoms with van der Waals surface area (Å²) in [5.74, 6) is 1.29. The van der Waals surface area contributed by atoms with Crippen LogP contribution in [-0.2, 0) is 11.2 Å². The molecular formula is C16H25N3O3. The number of nitrogens with zero attached hydrogens (tertiary/aromatic N) is 1. The lowest BCUT2D eigenvalue weighted by atomic mass is 9.57. The second-order valence-electron chi connectivity index (χ2n) is 7.00. The number of amides is 2. The van der Waals surface area contributed by atoms with E-state index in [0.29, 0.717) is 18.6 Å². The van der Waals surface area contributed by atoms with Crippen LogP contribution < -0.4 is 10.6 Å². The number of urea groups is 1. The fourth-order valence-electron chi connectivity index (χ4n) is 3.97. The lowest BCUT2D eigenvalue weighted by Crippen LogP contribution is -2.67. The molecule has 1 saturated heterocycles. The Labute approximate surface area is 131 Å². The molecule has 2 amide bonds. The van der Waals surface area contributed by atoms with Gasteiger partial charge >= 0.3 is 6.03 Å². The van der Waals surface area contributed by atoms with Crippen molar-refractivity contribution < 1.29 is 14.1 Å². The van der Waals surface area contributed by atoms with Crippen molar-refractivity contribution in [1.82, 2.24) is 15.8 Å². The highest BCUT2D eigenvalue weighted by Crippen LogP contribution is 2.51. The number of rotatable bonds is 4. The van der Waals surface area contributed by atoms with E-state index in [9.17, 15) is 4.79 Å². The van der Waals surface area contributed by atoms with E-state index in [1.54, 1.807) is 0 Å². The van der Waals surface area contributed by atoms with Crippen molar-refractivity contribution in [2.24, 2.45) is 11.3 Å². The van der Waals surface area contributed by atoms with Gasteiger partial charge in [-0.25, -0.2) is 4.79 Å². The maximum Gasteiger partial charge on any atom is 0.315 e. The van der Waals surface area contributed by atoms with E-state index in [0.717, 1.165) is 36.5 Å². The summed E-state index contributed by atoms with van der Waals surface area (Å²) in [6, 6.07) is 0.0919. The molecule has 3 rings (SSSR count). The summed E-state index contributed by atoms with van der Waals surface area (Å²) >= 11 is 0. The molecule has 0 aromatic carbocycles. The largest absolute Gasteiger partial charge is 0.377 e. The minimum atomic E-state index is -0.102. The molecule has 6 heteroatoms. The summed E-state index contributed by atoms with van der Waals surface area (Å²) in [5, 5.41) is 9.97. The quantitative estimate of drug-likeness (QED) is 0.891. The van der Waals surface area contributed by atoms with E-state index < -0.39 is 0 Å². The van der Waals surface area contributed by atoms with Gasteiger partial charge in [-0.05, 0) is 26.7 Å². The summed E-state index contributed by atoms with van der Waals surface area (Å²) in [6.07, 6.45) is 2.07. The van der Waals surface area contributed by atoms with Gasteiger partial charge in [0.1, 0.15) is 5.76 Å². The number of nitrogens with one attached hydrogen (secondary N) is 2. The van der Waals surface area contributed by atoms with E-state index in [1.807, 2.05) is 13.8 Å². The van der Waals surface area contributed by atoms with Crippen molar-refractivity contribution in [3.05, 3.63) is 17.0 Å². The number of carbonyl (C=O) groups is 1. The molecule has 2 fully saturated rings. The number of aromatic nitrogens is 1. The summed E-state index contributed by atoms with van der Waals surface area (Å²) in [7, 11) is 0. The minimum Gasteiger partial charge on any atom is -0.377 e. The highest BCUT2D eigenvalue weighted by Gasteiger charge is 2.59. The SMILES string of the molecule is Cc1noc(C)c1CCNC(=O)NC1C2CCOC2C1(C)C. The number of ether oxygens (including phenoxy) is 1. The van der Waals surface area contributed by atoms with Gasteiger partial charge in [0.25, 0.3) is 0 Å². The number of carbonyl (C=O) groups excluding carboxylic acids is 1. The minimum absolute atomic E-state index is 0.0140. The van der Waals surface area contributed by atoms with Crippen molar-refractivity contribution >= 4 is 6.03 Å². The Bertz CT molecular complexity index is 547. The smallest absolute Gasteiger partial charge is 0.315 e. The van der Waals surface area contributed by atoms with E-state index in [2.05, 4.69) is 29.6 Å². The molecule has 3 unspecified atom stereocenters. The second-order valence-corrected chi connectivity index (χ2v) is 7.00.